The number of carbonyl (C=O) groups is 1. The molecule has 5 N–H and O–H groups in total. The summed E-state index contributed by atoms with van der Waals surface area (Å²) in [6, 6.07) is 10.2. The second kappa shape index (κ2) is 10.7. The van der Waals surface area contributed by atoms with E-state index in [1.807, 2.05) is 6.07 Å². The zero-order valence-electron chi connectivity index (χ0n) is 18.2. The van der Waals surface area contributed by atoms with Crippen LogP contribution in [0.3, 0.4) is 0 Å². The van der Waals surface area contributed by atoms with Gasteiger partial charge in [-0.1, -0.05) is 41.9 Å². The van der Waals surface area contributed by atoms with Crippen molar-refractivity contribution in [2.45, 2.75) is 31.1 Å². The van der Waals surface area contributed by atoms with E-state index in [0.29, 0.717) is 33.2 Å². The number of benzene rings is 1. The predicted molar refractivity (Wildman–Crippen MR) is 130 cm³/mol. The van der Waals surface area contributed by atoms with E-state index < -0.39 is 28.4 Å². The van der Waals surface area contributed by atoms with Gasteiger partial charge in [-0.05, 0) is 24.5 Å². The first-order chi connectivity index (χ1) is 16.6. The molecule has 35 heavy (non-hydrogen) atoms. The summed E-state index contributed by atoms with van der Waals surface area (Å²) in [5, 5.41) is 29.0. The first kappa shape index (κ1) is 25.6. The van der Waals surface area contributed by atoms with Gasteiger partial charge in [-0.2, -0.15) is 8.42 Å². The summed E-state index contributed by atoms with van der Waals surface area (Å²) in [6.07, 6.45) is 1.56. The monoisotopic (exact) mass is 538 g/mol. The van der Waals surface area contributed by atoms with Crippen LogP contribution in [0.15, 0.2) is 48.9 Å². The molecule has 186 valence electrons. The van der Waals surface area contributed by atoms with Crippen molar-refractivity contribution in [1.29, 1.82) is 0 Å². The zero-order valence-corrected chi connectivity index (χ0v) is 20.6. The number of thiophene rings is 1. The first-order valence-corrected chi connectivity index (χ1v) is 13.3. The Labute approximate surface area is 211 Å². The van der Waals surface area contributed by atoms with Crippen molar-refractivity contribution >= 4 is 44.8 Å². The molecule has 0 radical (unpaired) electrons. The van der Waals surface area contributed by atoms with Crippen LogP contribution in [0.4, 0.5) is 5.82 Å². The van der Waals surface area contributed by atoms with Crippen molar-refractivity contribution < 1.29 is 27.6 Å². The quantitative estimate of drug-likeness (QED) is 0.299. The molecule has 2 unspecified atom stereocenters. The Morgan fingerprint density at radius 2 is 2.06 bits per heavy atom. The molecular weight excluding hydrogens is 516 g/mol. The molecule has 1 saturated carbocycles. The Morgan fingerprint density at radius 3 is 2.77 bits per heavy atom. The summed E-state index contributed by atoms with van der Waals surface area (Å²) in [5.74, 6) is -0.561. The fourth-order valence-corrected chi connectivity index (χ4v) is 5.66. The number of hydrogen-bond acceptors (Lipinski definition) is 10. The zero-order chi connectivity index (χ0) is 25.2. The van der Waals surface area contributed by atoms with E-state index >= 15 is 0 Å². The number of nitrogens with two attached hydrogens (primary N) is 1. The van der Waals surface area contributed by atoms with Crippen LogP contribution in [0, 0.1) is 5.92 Å². The van der Waals surface area contributed by atoms with Crippen molar-refractivity contribution in [2.24, 2.45) is 11.1 Å². The van der Waals surface area contributed by atoms with Crippen LogP contribution in [0.25, 0.3) is 0 Å². The molecule has 10 nitrogen and oxygen atoms in total. The van der Waals surface area contributed by atoms with Gasteiger partial charge in [-0.3, -0.25) is 8.98 Å². The van der Waals surface area contributed by atoms with Crippen molar-refractivity contribution in [3.05, 3.63) is 74.8 Å². The van der Waals surface area contributed by atoms with Crippen LogP contribution in [-0.4, -0.2) is 53.1 Å². The van der Waals surface area contributed by atoms with Crippen LogP contribution in [0.1, 0.15) is 45.3 Å². The molecular formula is C22H23ClN4O6S2. The van der Waals surface area contributed by atoms with Gasteiger partial charge in [0, 0.05) is 23.7 Å². The van der Waals surface area contributed by atoms with Gasteiger partial charge in [0.25, 0.3) is 0 Å². The molecule has 4 atom stereocenters. The second-order valence-electron chi connectivity index (χ2n) is 8.18. The predicted octanol–water partition coefficient (Wildman–Crippen LogP) is 2.28. The Bertz CT molecular complexity index is 1300. The van der Waals surface area contributed by atoms with Gasteiger partial charge < -0.3 is 15.5 Å². The maximum absolute atomic E-state index is 13.3. The third-order valence-corrected chi connectivity index (χ3v) is 7.60. The fourth-order valence-electron chi connectivity index (χ4n) is 4.01. The van der Waals surface area contributed by atoms with Gasteiger partial charge in [-0.25, -0.2) is 15.1 Å². The highest BCUT2D eigenvalue weighted by atomic mass is 35.5. The summed E-state index contributed by atoms with van der Waals surface area (Å²) in [7, 11) is -4.11. The van der Waals surface area contributed by atoms with Crippen LogP contribution in [0.5, 0.6) is 0 Å². The number of aliphatic hydroxyl groups is 2. The molecule has 2 aromatic heterocycles. The molecule has 4 rings (SSSR count). The maximum atomic E-state index is 13.3. The van der Waals surface area contributed by atoms with Crippen molar-refractivity contribution in [1.82, 2.24) is 9.97 Å². The van der Waals surface area contributed by atoms with Crippen LogP contribution >= 0.6 is 22.9 Å². The lowest BCUT2D eigenvalue weighted by molar-refractivity contribution is 0.101. The Balaban J connectivity index is 1.50. The smallest absolute Gasteiger partial charge is 0.333 e. The van der Waals surface area contributed by atoms with E-state index in [-0.39, 0.29) is 29.8 Å². The van der Waals surface area contributed by atoms with Gasteiger partial charge in [0.2, 0.25) is 5.78 Å². The summed E-state index contributed by atoms with van der Waals surface area (Å²) in [6.45, 7) is -0.242. The molecule has 0 spiro atoms. The number of aromatic nitrogens is 2. The van der Waals surface area contributed by atoms with Crippen molar-refractivity contribution in [2.75, 3.05) is 11.9 Å². The van der Waals surface area contributed by atoms with E-state index in [1.54, 1.807) is 30.3 Å². The molecule has 0 saturated heterocycles. The lowest BCUT2D eigenvalue weighted by Gasteiger charge is -2.15. The van der Waals surface area contributed by atoms with E-state index in [0.717, 1.165) is 11.3 Å². The molecule has 0 amide bonds. The summed E-state index contributed by atoms with van der Waals surface area (Å²) in [5.41, 5.74) is 1.27. The van der Waals surface area contributed by atoms with E-state index in [9.17, 15) is 23.4 Å². The minimum atomic E-state index is -4.11. The van der Waals surface area contributed by atoms with Gasteiger partial charge in [-0.15, -0.1) is 11.3 Å². The number of nitrogens with zero attached hydrogens (tertiary/aromatic N) is 2. The summed E-state index contributed by atoms with van der Waals surface area (Å²) >= 11 is 7.41. The molecule has 0 aliphatic heterocycles. The number of hydrogen-bond donors (Lipinski definition) is 4. The van der Waals surface area contributed by atoms with Crippen molar-refractivity contribution in [3.8, 4) is 0 Å². The maximum Gasteiger partial charge on any atom is 0.333 e. The third kappa shape index (κ3) is 6.22. The molecule has 3 aromatic rings. The Hall–Kier alpha value is -2.45. The molecule has 0 bridgehead atoms. The number of nitrogens with one attached hydrogen (secondary N) is 1. The Morgan fingerprint density at radius 1 is 1.31 bits per heavy atom. The largest absolute Gasteiger partial charge is 0.393 e. The van der Waals surface area contributed by atoms with E-state index in [2.05, 4.69) is 19.5 Å². The van der Waals surface area contributed by atoms with E-state index in [1.165, 1.54) is 12.5 Å². The normalized spacial score (nSPS) is 21.1. The number of rotatable bonds is 9. The molecule has 13 heteroatoms. The lowest BCUT2D eigenvalue weighted by Crippen LogP contribution is -2.24. The molecule has 1 aliphatic carbocycles. The number of ketones is 1. The highest BCUT2D eigenvalue weighted by molar-refractivity contribution is 7.84. The van der Waals surface area contributed by atoms with E-state index in [4.69, 9.17) is 16.7 Å². The Kier molecular flexibility index (Phi) is 7.81. The summed E-state index contributed by atoms with van der Waals surface area (Å²) < 4.78 is 27.0. The molecule has 2 heterocycles. The third-order valence-electron chi connectivity index (χ3n) is 5.75. The molecule has 1 fully saturated rings. The van der Waals surface area contributed by atoms with Gasteiger partial charge in [0.15, 0.2) is 0 Å². The van der Waals surface area contributed by atoms with Gasteiger partial charge in [0.1, 0.15) is 18.2 Å². The minimum Gasteiger partial charge on any atom is -0.393 e. The summed E-state index contributed by atoms with van der Waals surface area (Å²) in [4.78, 5) is 21.8. The average Bonchev–Trinajstić information content (AvgIpc) is 3.39. The number of carbonyl (C=O) groups excluding carboxylic acids is 1. The topological polar surface area (TPSA) is 165 Å². The standard InChI is InChI=1S/C22H23ClN4O6S2/c23-21-15(19(29)12-4-2-1-3-5-12)8-18(34-21)20(30)16-9-25-11-26-22(16)27-14-6-13(17(28)7-14)10-33-35(24,31)32/h1-5,8-9,11,13-14,17,19,28-29H,6-7,10H2,(H2,24,31,32)(H,25,26,27)/t13?,14-,17+,19?/m1/s1. The molecule has 1 aliphatic rings. The van der Waals surface area contributed by atoms with Gasteiger partial charge >= 0.3 is 10.3 Å². The second-order valence-corrected chi connectivity index (χ2v) is 11.1. The van der Waals surface area contributed by atoms with Crippen molar-refractivity contribution in [3.63, 3.8) is 0 Å². The van der Waals surface area contributed by atoms with Crippen LogP contribution in [-0.2, 0) is 14.5 Å². The number of aliphatic hydroxyl groups excluding tert-OH is 2. The average molecular weight is 539 g/mol. The lowest BCUT2D eigenvalue weighted by atomic mass is 10.0. The van der Waals surface area contributed by atoms with Crippen LogP contribution < -0.4 is 10.5 Å². The number of halogens is 1. The highest BCUT2D eigenvalue weighted by Crippen LogP contribution is 2.37. The number of anilines is 1. The first-order valence-electron chi connectivity index (χ1n) is 10.6. The minimum absolute atomic E-state index is 0.199. The van der Waals surface area contributed by atoms with Gasteiger partial charge in [0.05, 0.1) is 27.5 Å². The fraction of sp³-hybridized carbons (Fsp3) is 0.318. The SMILES string of the molecule is NS(=O)(=O)OCC1C[C@@H](Nc2ncncc2C(=O)c2cc(C(O)c3ccccc3)c(Cl)s2)C[C@@H]1O. The highest BCUT2D eigenvalue weighted by Gasteiger charge is 2.35. The van der Waals surface area contributed by atoms with Crippen LogP contribution in [0.2, 0.25) is 4.34 Å². The molecule has 1 aromatic carbocycles.